The summed E-state index contributed by atoms with van der Waals surface area (Å²) in [6.45, 7) is 3.85. The van der Waals surface area contributed by atoms with Crippen molar-refractivity contribution in [3.05, 3.63) is 29.3 Å². The molecule has 0 bridgehead atoms. The maximum atomic E-state index is 5.98. The topological polar surface area (TPSA) is 79.4 Å². The summed E-state index contributed by atoms with van der Waals surface area (Å²) >= 11 is 5.98. The number of nitrogens with two attached hydrogens (primary N) is 2. The molecular weight excluding hydrogens is 273 g/mol. The molecule has 0 saturated carbocycles. The highest BCUT2D eigenvalue weighted by Gasteiger charge is 2.34. The van der Waals surface area contributed by atoms with Crippen LogP contribution in [0.2, 0.25) is 5.02 Å². The average Bonchev–Trinajstić information content (AvgIpc) is 2.13. The molecule has 1 aromatic rings. The fraction of sp³-hybridized carbons (Fsp3) is 0.273. The van der Waals surface area contributed by atoms with Crippen LogP contribution in [0.15, 0.2) is 29.3 Å². The van der Waals surface area contributed by atoms with Gasteiger partial charge in [-0.15, -0.1) is 0 Å². The molecular formula is C11H15Cl2N5. The van der Waals surface area contributed by atoms with E-state index in [9.17, 15) is 0 Å². The molecule has 0 unspecified atom stereocenters. The van der Waals surface area contributed by atoms with Gasteiger partial charge in [-0.1, -0.05) is 17.7 Å². The normalized spacial score (nSPS) is 17.6. The number of rotatable bonds is 1. The van der Waals surface area contributed by atoms with Crippen LogP contribution in [-0.2, 0) is 0 Å². The third kappa shape index (κ3) is 2.68. The van der Waals surface area contributed by atoms with Crippen LogP contribution < -0.4 is 29.2 Å². The summed E-state index contributed by atoms with van der Waals surface area (Å²) in [5, 5.41) is 3.45. The fourth-order valence-corrected chi connectivity index (χ4v) is 2.11. The van der Waals surface area contributed by atoms with Crippen molar-refractivity contribution in [1.82, 2.24) is 5.32 Å². The molecule has 5 nitrogen and oxygen atoms in total. The molecule has 2 rings (SSSR count). The Bertz CT molecular complexity index is 522. The molecule has 0 fully saturated rings. The van der Waals surface area contributed by atoms with E-state index in [1.807, 2.05) is 42.7 Å². The van der Waals surface area contributed by atoms with Crippen LogP contribution in [0.1, 0.15) is 13.8 Å². The Balaban J connectivity index is 0.00000162. The van der Waals surface area contributed by atoms with Crippen molar-refractivity contribution in [2.24, 2.45) is 16.5 Å². The second-order valence-corrected chi connectivity index (χ2v) is 4.75. The first-order chi connectivity index (χ1) is 7.90. The lowest BCUT2D eigenvalue weighted by molar-refractivity contribution is -0.527. The van der Waals surface area contributed by atoms with E-state index in [0.29, 0.717) is 16.9 Å². The maximum absolute atomic E-state index is 5.98. The smallest absolute Gasteiger partial charge is 0.357 e. The SMILES string of the molecule is CC1(C)N=C(N)NC(N)=[N+]1c1cccc(Cl)c1.[Cl-]. The molecule has 5 N–H and O–H groups in total. The lowest BCUT2D eigenvalue weighted by Crippen LogP contribution is -3.00. The first-order valence-corrected chi connectivity index (χ1v) is 5.58. The van der Waals surface area contributed by atoms with Gasteiger partial charge in [0.1, 0.15) is 5.69 Å². The van der Waals surface area contributed by atoms with E-state index in [1.165, 1.54) is 0 Å². The van der Waals surface area contributed by atoms with Gasteiger partial charge in [0.2, 0.25) is 0 Å². The van der Waals surface area contributed by atoms with Crippen molar-refractivity contribution in [3.63, 3.8) is 0 Å². The van der Waals surface area contributed by atoms with Gasteiger partial charge in [-0.2, -0.15) is 4.99 Å². The minimum Gasteiger partial charge on any atom is -1.00 e. The average molecular weight is 288 g/mol. The molecule has 0 radical (unpaired) electrons. The number of hydrogen-bond donors (Lipinski definition) is 3. The molecule has 1 aromatic carbocycles. The second-order valence-electron chi connectivity index (χ2n) is 4.32. The summed E-state index contributed by atoms with van der Waals surface area (Å²) < 4.78 is 1.84. The molecule has 1 heterocycles. The fourth-order valence-electron chi connectivity index (χ4n) is 1.92. The number of guanidine groups is 2. The molecule has 0 saturated heterocycles. The van der Waals surface area contributed by atoms with Gasteiger partial charge in [0.25, 0.3) is 5.96 Å². The van der Waals surface area contributed by atoms with E-state index in [1.54, 1.807) is 0 Å². The van der Waals surface area contributed by atoms with Crippen LogP contribution in [0.5, 0.6) is 0 Å². The van der Waals surface area contributed by atoms with E-state index >= 15 is 0 Å². The van der Waals surface area contributed by atoms with Crippen molar-refractivity contribution >= 4 is 29.2 Å². The number of benzene rings is 1. The molecule has 0 aromatic heterocycles. The van der Waals surface area contributed by atoms with Gasteiger partial charge in [-0.3, -0.25) is 5.73 Å². The molecule has 1 aliphatic rings. The zero-order chi connectivity index (χ0) is 12.6. The summed E-state index contributed by atoms with van der Waals surface area (Å²) in [5.41, 5.74) is 11.9. The van der Waals surface area contributed by atoms with Gasteiger partial charge in [-0.05, 0) is 32.0 Å². The molecule has 18 heavy (non-hydrogen) atoms. The van der Waals surface area contributed by atoms with E-state index in [0.717, 1.165) is 5.69 Å². The zero-order valence-corrected chi connectivity index (χ0v) is 11.6. The summed E-state index contributed by atoms with van der Waals surface area (Å²) in [6, 6.07) is 7.42. The van der Waals surface area contributed by atoms with Crippen molar-refractivity contribution < 1.29 is 17.0 Å². The van der Waals surface area contributed by atoms with Crippen molar-refractivity contribution in [3.8, 4) is 0 Å². The van der Waals surface area contributed by atoms with Gasteiger partial charge in [0, 0.05) is 5.02 Å². The lowest BCUT2D eigenvalue weighted by Gasteiger charge is -2.28. The Kier molecular flexibility index (Phi) is 4.09. The molecule has 98 valence electrons. The molecule has 0 aliphatic carbocycles. The van der Waals surface area contributed by atoms with Gasteiger partial charge in [-0.25, -0.2) is 9.89 Å². The highest BCUT2D eigenvalue weighted by atomic mass is 35.5. The Morgan fingerprint density at radius 3 is 2.56 bits per heavy atom. The number of halogens is 2. The monoisotopic (exact) mass is 287 g/mol. The number of nitrogens with zero attached hydrogens (tertiary/aromatic N) is 2. The van der Waals surface area contributed by atoms with Crippen LogP contribution in [0.3, 0.4) is 0 Å². The molecule has 0 atom stereocenters. The first kappa shape index (κ1) is 14.6. The molecule has 7 heteroatoms. The van der Waals surface area contributed by atoms with Crippen molar-refractivity contribution in [2.45, 2.75) is 19.5 Å². The van der Waals surface area contributed by atoms with Crippen LogP contribution in [0.4, 0.5) is 5.69 Å². The summed E-state index contributed by atoms with van der Waals surface area (Å²) in [5.74, 6) is 0.746. The Morgan fingerprint density at radius 2 is 2.00 bits per heavy atom. The maximum Gasteiger partial charge on any atom is 0.357 e. The van der Waals surface area contributed by atoms with Gasteiger partial charge in [0.15, 0.2) is 5.66 Å². The molecule has 1 aliphatic heterocycles. The number of hydrogen-bond acceptors (Lipinski definition) is 4. The Hall–Kier alpha value is -1.46. The third-order valence-electron chi connectivity index (χ3n) is 2.50. The Labute approximate surface area is 117 Å². The largest absolute Gasteiger partial charge is 1.00 e. The third-order valence-corrected chi connectivity index (χ3v) is 2.74. The van der Waals surface area contributed by atoms with E-state index < -0.39 is 5.66 Å². The minimum atomic E-state index is -0.551. The van der Waals surface area contributed by atoms with Crippen LogP contribution in [0.25, 0.3) is 0 Å². The number of aliphatic imine (C=N–C) groups is 1. The highest BCUT2D eigenvalue weighted by molar-refractivity contribution is 6.30. The van der Waals surface area contributed by atoms with E-state index in [-0.39, 0.29) is 12.4 Å². The van der Waals surface area contributed by atoms with Gasteiger partial charge < -0.3 is 18.1 Å². The second kappa shape index (κ2) is 5.04. The first-order valence-electron chi connectivity index (χ1n) is 5.21. The summed E-state index contributed by atoms with van der Waals surface area (Å²) in [6.07, 6.45) is 0. The summed E-state index contributed by atoms with van der Waals surface area (Å²) in [7, 11) is 0. The van der Waals surface area contributed by atoms with E-state index in [2.05, 4.69) is 10.3 Å². The summed E-state index contributed by atoms with van der Waals surface area (Å²) in [4.78, 5) is 4.32. The quantitative estimate of drug-likeness (QED) is 0.521. The van der Waals surface area contributed by atoms with Crippen LogP contribution >= 0.6 is 11.6 Å². The lowest BCUT2D eigenvalue weighted by atomic mass is 10.2. The predicted molar refractivity (Wildman–Crippen MR) is 69.4 cm³/mol. The van der Waals surface area contributed by atoms with Crippen LogP contribution in [-0.4, -0.2) is 22.2 Å². The molecule has 0 amide bonds. The van der Waals surface area contributed by atoms with Gasteiger partial charge in [0.05, 0.1) is 0 Å². The predicted octanol–water partition coefficient (Wildman–Crippen LogP) is -2.04. The Morgan fingerprint density at radius 1 is 1.33 bits per heavy atom. The standard InChI is InChI=1S/C11H14ClN5.ClH/c1-11(2)16-9(13)15-10(14)17(11)8-5-3-4-7(12)6-8;/h3-6H,1-2H3,(H4,13,14,15,16);1H. The van der Waals surface area contributed by atoms with E-state index in [4.69, 9.17) is 23.1 Å². The van der Waals surface area contributed by atoms with Crippen LogP contribution in [0, 0.1) is 0 Å². The molecule has 0 spiro atoms. The van der Waals surface area contributed by atoms with Crippen molar-refractivity contribution in [2.75, 3.05) is 0 Å². The highest BCUT2D eigenvalue weighted by Crippen LogP contribution is 2.26. The zero-order valence-electron chi connectivity index (χ0n) is 10.1. The van der Waals surface area contributed by atoms with Crippen molar-refractivity contribution in [1.29, 1.82) is 0 Å². The minimum absolute atomic E-state index is 0. The number of nitrogens with one attached hydrogen (secondary N) is 1. The van der Waals surface area contributed by atoms with Gasteiger partial charge >= 0.3 is 5.96 Å².